The summed E-state index contributed by atoms with van der Waals surface area (Å²) in [4.78, 5) is 0. The summed E-state index contributed by atoms with van der Waals surface area (Å²) in [6.07, 6.45) is -4.05. The van der Waals surface area contributed by atoms with Crippen molar-refractivity contribution >= 4 is 0 Å². The van der Waals surface area contributed by atoms with Crippen LogP contribution in [0.3, 0.4) is 0 Å². The van der Waals surface area contributed by atoms with Crippen LogP contribution < -0.4 is 0 Å². The topological polar surface area (TPSA) is 101 Å². The van der Waals surface area contributed by atoms with E-state index in [-0.39, 0.29) is 19.4 Å². The van der Waals surface area contributed by atoms with Crippen LogP contribution in [0.5, 0.6) is 0 Å². The van der Waals surface area contributed by atoms with E-state index >= 15 is 0 Å². The normalized spacial score (nSPS) is 46.4. The monoisotopic (exact) mass is 192 g/mol. The Morgan fingerprint density at radius 1 is 0.923 bits per heavy atom. The lowest BCUT2D eigenvalue weighted by Gasteiger charge is -2.38. The molecule has 0 amide bonds. The fraction of sp³-hybridized carbons (Fsp3) is 1.00. The Labute approximate surface area is 76.3 Å². The molecule has 1 fully saturated rings. The average Bonchev–Trinajstić information content (AvgIpc) is 2.09. The Morgan fingerprint density at radius 3 is 2.08 bits per heavy atom. The van der Waals surface area contributed by atoms with E-state index in [9.17, 15) is 20.4 Å². The number of hydrogen-bond acceptors (Lipinski definition) is 5. The van der Waals surface area contributed by atoms with Gasteiger partial charge in [-0.25, -0.2) is 0 Å². The molecule has 0 saturated heterocycles. The highest BCUT2D eigenvalue weighted by Gasteiger charge is 2.41. The first kappa shape index (κ1) is 10.9. The highest BCUT2D eigenvalue weighted by Crippen LogP contribution is 2.27. The van der Waals surface area contributed by atoms with Crippen molar-refractivity contribution in [3.63, 3.8) is 0 Å². The van der Waals surface area contributed by atoms with Gasteiger partial charge in [-0.3, -0.25) is 0 Å². The molecule has 1 rings (SSSR count). The molecule has 1 aliphatic rings. The van der Waals surface area contributed by atoms with E-state index in [0.717, 1.165) is 0 Å². The zero-order valence-electron chi connectivity index (χ0n) is 7.24. The van der Waals surface area contributed by atoms with Gasteiger partial charge in [0.1, 0.15) is 6.10 Å². The quantitative estimate of drug-likeness (QED) is 0.343. The Hall–Kier alpha value is -0.200. The van der Waals surface area contributed by atoms with Crippen molar-refractivity contribution in [2.24, 2.45) is 5.92 Å². The molecule has 0 aromatic rings. The zero-order valence-corrected chi connectivity index (χ0v) is 7.24. The number of aliphatic hydroxyl groups is 5. The summed E-state index contributed by atoms with van der Waals surface area (Å²) in [6.45, 7) is -0.151. The maximum absolute atomic E-state index is 9.43. The van der Waals surface area contributed by atoms with Crippen LogP contribution in [0.2, 0.25) is 0 Å². The van der Waals surface area contributed by atoms with E-state index in [1.807, 2.05) is 0 Å². The highest BCUT2D eigenvalue weighted by molar-refractivity contribution is 4.92. The summed E-state index contributed by atoms with van der Waals surface area (Å²) in [5.74, 6) is -0.552. The minimum absolute atomic E-state index is 0.0445. The van der Waals surface area contributed by atoms with Crippen LogP contribution in [0, 0.1) is 5.92 Å². The lowest BCUT2D eigenvalue weighted by atomic mass is 9.79. The van der Waals surface area contributed by atoms with Crippen molar-refractivity contribution in [3.8, 4) is 0 Å². The molecule has 0 radical (unpaired) electrons. The third-order valence-electron chi connectivity index (χ3n) is 2.62. The molecule has 0 aromatic heterocycles. The average molecular weight is 192 g/mol. The van der Waals surface area contributed by atoms with Crippen molar-refractivity contribution in [1.82, 2.24) is 0 Å². The molecule has 5 nitrogen and oxygen atoms in total. The lowest BCUT2D eigenvalue weighted by Crippen LogP contribution is -2.52. The Kier molecular flexibility index (Phi) is 3.63. The van der Waals surface area contributed by atoms with Crippen molar-refractivity contribution in [3.05, 3.63) is 0 Å². The summed E-state index contributed by atoms with van der Waals surface area (Å²) < 4.78 is 0. The van der Waals surface area contributed by atoms with Gasteiger partial charge in [0, 0.05) is 18.9 Å². The van der Waals surface area contributed by atoms with Gasteiger partial charge in [0.2, 0.25) is 0 Å². The molecular formula is C8H16O5. The SMILES string of the molecule is OCC[C@@H]1[C@H](O)[C@@H](O)[C@H](O)C[C@H]1O. The summed E-state index contributed by atoms with van der Waals surface area (Å²) in [6, 6.07) is 0. The molecular weight excluding hydrogens is 176 g/mol. The van der Waals surface area contributed by atoms with E-state index in [0.29, 0.717) is 0 Å². The standard InChI is InChI=1S/C8H16O5/c9-2-1-4-5(10)3-6(11)8(13)7(4)12/h4-13H,1-3H2/t4-,5+,6+,7-,8-/m0/s1. The fourth-order valence-corrected chi connectivity index (χ4v) is 1.78. The summed E-state index contributed by atoms with van der Waals surface area (Å²) in [7, 11) is 0. The van der Waals surface area contributed by atoms with Crippen LogP contribution in [0.15, 0.2) is 0 Å². The number of hydrogen-bond donors (Lipinski definition) is 5. The van der Waals surface area contributed by atoms with E-state index in [4.69, 9.17) is 5.11 Å². The van der Waals surface area contributed by atoms with Gasteiger partial charge in [-0.2, -0.15) is 0 Å². The molecule has 0 unspecified atom stereocenters. The Bertz CT molecular complexity index is 163. The Balaban J connectivity index is 2.61. The van der Waals surface area contributed by atoms with Gasteiger partial charge in [-0.05, 0) is 6.42 Å². The van der Waals surface area contributed by atoms with Gasteiger partial charge in [0.05, 0.1) is 18.3 Å². The van der Waals surface area contributed by atoms with E-state index in [1.54, 1.807) is 0 Å². The molecule has 5 heteroatoms. The van der Waals surface area contributed by atoms with Crippen LogP contribution in [0.25, 0.3) is 0 Å². The van der Waals surface area contributed by atoms with Crippen LogP contribution in [0.4, 0.5) is 0 Å². The van der Waals surface area contributed by atoms with Gasteiger partial charge in [-0.15, -0.1) is 0 Å². The van der Waals surface area contributed by atoms with Crippen molar-refractivity contribution in [2.75, 3.05) is 6.61 Å². The third kappa shape index (κ3) is 2.18. The first-order valence-corrected chi connectivity index (χ1v) is 4.41. The predicted molar refractivity (Wildman–Crippen MR) is 43.8 cm³/mol. The summed E-state index contributed by atoms with van der Waals surface area (Å²) in [5.41, 5.74) is 0. The van der Waals surface area contributed by atoms with Gasteiger partial charge in [0.25, 0.3) is 0 Å². The first-order valence-electron chi connectivity index (χ1n) is 4.41. The fourth-order valence-electron chi connectivity index (χ4n) is 1.78. The maximum Gasteiger partial charge on any atom is 0.106 e. The second kappa shape index (κ2) is 4.34. The van der Waals surface area contributed by atoms with Crippen molar-refractivity contribution in [1.29, 1.82) is 0 Å². The highest BCUT2D eigenvalue weighted by atomic mass is 16.4. The van der Waals surface area contributed by atoms with Crippen LogP contribution in [-0.2, 0) is 0 Å². The van der Waals surface area contributed by atoms with Crippen LogP contribution >= 0.6 is 0 Å². The van der Waals surface area contributed by atoms with Crippen molar-refractivity contribution < 1.29 is 25.5 Å². The van der Waals surface area contributed by atoms with Gasteiger partial charge in [-0.1, -0.05) is 0 Å². The molecule has 0 heterocycles. The predicted octanol–water partition coefficient (Wildman–Crippen LogP) is -2.17. The first-order chi connectivity index (χ1) is 6.07. The van der Waals surface area contributed by atoms with Crippen molar-refractivity contribution in [2.45, 2.75) is 37.3 Å². The lowest BCUT2D eigenvalue weighted by molar-refractivity contribution is -0.152. The van der Waals surface area contributed by atoms with Gasteiger partial charge in [0.15, 0.2) is 0 Å². The third-order valence-corrected chi connectivity index (χ3v) is 2.62. The largest absolute Gasteiger partial charge is 0.396 e. The number of rotatable bonds is 2. The zero-order chi connectivity index (χ0) is 10.0. The van der Waals surface area contributed by atoms with Crippen LogP contribution in [-0.4, -0.2) is 56.6 Å². The van der Waals surface area contributed by atoms with Gasteiger partial charge >= 0.3 is 0 Å². The number of aliphatic hydroxyl groups excluding tert-OH is 5. The van der Waals surface area contributed by atoms with E-state index < -0.39 is 30.3 Å². The molecule has 5 atom stereocenters. The smallest absolute Gasteiger partial charge is 0.106 e. The molecule has 0 bridgehead atoms. The summed E-state index contributed by atoms with van der Waals surface area (Å²) in [5, 5.41) is 45.9. The second-order valence-electron chi connectivity index (χ2n) is 3.53. The molecule has 0 aromatic carbocycles. The van der Waals surface area contributed by atoms with Crippen LogP contribution in [0.1, 0.15) is 12.8 Å². The summed E-state index contributed by atoms with van der Waals surface area (Å²) >= 11 is 0. The molecule has 1 aliphatic carbocycles. The second-order valence-corrected chi connectivity index (χ2v) is 3.53. The molecule has 78 valence electrons. The minimum atomic E-state index is -1.22. The molecule has 0 spiro atoms. The molecule has 13 heavy (non-hydrogen) atoms. The van der Waals surface area contributed by atoms with E-state index in [2.05, 4.69) is 0 Å². The van der Waals surface area contributed by atoms with E-state index in [1.165, 1.54) is 0 Å². The van der Waals surface area contributed by atoms with Gasteiger partial charge < -0.3 is 25.5 Å². The minimum Gasteiger partial charge on any atom is -0.396 e. The molecule has 1 saturated carbocycles. The molecule has 5 N–H and O–H groups in total. The molecule has 0 aliphatic heterocycles. The Morgan fingerprint density at radius 2 is 1.54 bits per heavy atom. The maximum atomic E-state index is 9.43.